The maximum absolute atomic E-state index is 12.5. The molecule has 0 bridgehead atoms. The zero-order chi connectivity index (χ0) is 27.4. The van der Waals surface area contributed by atoms with Gasteiger partial charge in [0.15, 0.2) is 0 Å². The molecule has 0 atom stereocenters. The van der Waals surface area contributed by atoms with Crippen LogP contribution in [0.2, 0.25) is 0 Å². The number of aromatic nitrogens is 2. The monoisotopic (exact) mass is 541 g/mol. The van der Waals surface area contributed by atoms with Crippen molar-refractivity contribution >= 4 is 23.4 Å². The van der Waals surface area contributed by atoms with Crippen molar-refractivity contribution < 1.29 is 14.3 Å². The summed E-state index contributed by atoms with van der Waals surface area (Å²) in [4.78, 5) is 25.9. The highest BCUT2D eigenvalue weighted by atomic mass is 16.5. The average Bonchev–Trinajstić information content (AvgIpc) is 3.01. The first-order chi connectivity index (χ1) is 19.7. The summed E-state index contributed by atoms with van der Waals surface area (Å²) < 4.78 is 10.8. The molecule has 0 radical (unpaired) electrons. The molecule has 2 fully saturated rings. The van der Waals surface area contributed by atoms with E-state index in [4.69, 9.17) is 9.47 Å². The number of carbonyl (C=O) groups excluding carboxylic acids is 1. The lowest BCUT2D eigenvalue weighted by Gasteiger charge is -2.29. The fourth-order valence-electron chi connectivity index (χ4n) is 4.50. The van der Waals surface area contributed by atoms with Crippen molar-refractivity contribution in [1.82, 2.24) is 20.2 Å². The van der Waals surface area contributed by atoms with Crippen LogP contribution in [0.3, 0.4) is 0 Å². The van der Waals surface area contributed by atoms with Crippen LogP contribution in [0.25, 0.3) is 0 Å². The minimum absolute atomic E-state index is 0.271. The van der Waals surface area contributed by atoms with Crippen LogP contribution in [0, 0.1) is 11.8 Å². The third kappa shape index (κ3) is 8.41. The Labute approximate surface area is 235 Å². The molecule has 3 N–H and O–H groups in total. The molecule has 1 aromatic heterocycles. The number of anilines is 3. The third-order valence-corrected chi connectivity index (χ3v) is 6.68. The van der Waals surface area contributed by atoms with Gasteiger partial charge in [0.25, 0.3) is 0 Å². The maximum atomic E-state index is 12.5. The molecule has 3 heterocycles. The standard InChI is InChI=1S/C30H35N7O3/c38-30(34-21-25-4-2-6-28(20-25)37-13-17-40-18-14-37)35-27-5-1-3-24(19-27)7-8-26-22-32-29(33-23-26)31-9-10-36-11-15-39-16-12-36/h1-6,19-20,22-23H,9-18,21H2,(H,31,32,33)(H2,34,35,38). The summed E-state index contributed by atoms with van der Waals surface area (Å²) in [6.45, 7) is 8.88. The molecular formula is C30H35N7O3. The van der Waals surface area contributed by atoms with Gasteiger partial charge in [-0.3, -0.25) is 4.90 Å². The summed E-state index contributed by atoms with van der Waals surface area (Å²) in [5.74, 6) is 6.80. The third-order valence-electron chi connectivity index (χ3n) is 6.68. The van der Waals surface area contributed by atoms with E-state index in [-0.39, 0.29) is 6.03 Å². The Morgan fingerprint density at radius 1 is 0.875 bits per heavy atom. The molecule has 208 valence electrons. The van der Waals surface area contributed by atoms with Crippen LogP contribution >= 0.6 is 0 Å². The molecule has 2 amide bonds. The van der Waals surface area contributed by atoms with Crippen molar-refractivity contribution in [2.24, 2.45) is 0 Å². The summed E-state index contributed by atoms with van der Waals surface area (Å²) in [7, 11) is 0. The maximum Gasteiger partial charge on any atom is 0.319 e. The minimum atomic E-state index is -0.271. The molecule has 5 rings (SSSR count). The van der Waals surface area contributed by atoms with E-state index in [1.807, 2.05) is 36.4 Å². The van der Waals surface area contributed by atoms with Crippen molar-refractivity contribution in [2.45, 2.75) is 6.54 Å². The molecule has 0 spiro atoms. The number of amides is 2. The number of urea groups is 1. The average molecular weight is 542 g/mol. The molecule has 2 saturated heterocycles. The Balaban J connectivity index is 1.08. The minimum Gasteiger partial charge on any atom is -0.379 e. The summed E-state index contributed by atoms with van der Waals surface area (Å²) in [6.07, 6.45) is 3.42. The molecule has 10 nitrogen and oxygen atoms in total. The lowest BCUT2D eigenvalue weighted by molar-refractivity contribution is 0.0398. The quantitative estimate of drug-likeness (QED) is 0.374. The molecule has 0 unspecified atom stereocenters. The van der Waals surface area contributed by atoms with Gasteiger partial charge < -0.3 is 30.3 Å². The Kier molecular flexibility index (Phi) is 9.78. The van der Waals surface area contributed by atoms with E-state index in [1.165, 1.54) is 0 Å². The predicted molar refractivity (Wildman–Crippen MR) is 156 cm³/mol. The Morgan fingerprint density at radius 2 is 1.60 bits per heavy atom. The Bertz CT molecular complexity index is 1310. The summed E-state index contributed by atoms with van der Waals surface area (Å²) >= 11 is 0. The van der Waals surface area contributed by atoms with Gasteiger partial charge in [-0.05, 0) is 35.9 Å². The molecular weight excluding hydrogens is 506 g/mol. The summed E-state index contributed by atoms with van der Waals surface area (Å²) in [5.41, 5.74) is 4.36. The summed E-state index contributed by atoms with van der Waals surface area (Å²) in [5, 5.41) is 9.08. The van der Waals surface area contributed by atoms with E-state index in [0.29, 0.717) is 23.7 Å². The second-order valence-corrected chi connectivity index (χ2v) is 9.58. The molecule has 0 aliphatic carbocycles. The number of morpholine rings is 2. The molecule has 10 heteroatoms. The lowest BCUT2D eigenvalue weighted by atomic mass is 10.1. The number of ether oxygens (including phenoxy) is 2. The van der Waals surface area contributed by atoms with Crippen LogP contribution in [0.5, 0.6) is 0 Å². The summed E-state index contributed by atoms with van der Waals surface area (Å²) in [6, 6.07) is 15.4. The first-order valence-electron chi connectivity index (χ1n) is 13.7. The zero-order valence-electron chi connectivity index (χ0n) is 22.6. The molecule has 2 aliphatic rings. The first kappa shape index (κ1) is 27.4. The molecule has 2 aliphatic heterocycles. The highest BCUT2D eigenvalue weighted by Gasteiger charge is 2.12. The Hall–Kier alpha value is -4.17. The van der Waals surface area contributed by atoms with Crippen LogP contribution in [0.1, 0.15) is 16.7 Å². The largest absolute Gasteiger partial charge is 0.379 e. The van der Waals surface area contributed by atoms with Gasteiger partial charge in [0.2, 0.25) is 5.95 Å². The second-order valence-electron chi connectivity index (χ2n) is 9.58. The number of nitrogens with one attached hydrogen (secondary N) is 3. The van der Waals surface area contributed by atoms with Crippen LogP contribution in [0.4, 0.5) is 22.1 Å². The van der Waals surface area contributed by atoms with E-state index < -0.39 is 0 Å². The van der Waals surface area contributed by atoms with Crippen LogP contribution < -0.4 is 20.9 Å². The predicted octanol–water partition coefficient (Wildman–Crippen LogP) is 2.78. The molecule has 2 aromatic carbocycles. The van der Waals surface area contributed by atoms with Gasteiger partial charge >= 0.3 is 6.03 Å². The van der Waals surface area contributed by atoms with E-state index in [0.717, 1.165) is 82.5 Å². The number of hydrogen-bond donors (Lipinski definition) is 3. The van der Waals surface area contributed by atoms with Crippen molar-refractivity contribution in [3.63, 3.8) is 0 Å². The van der Waals surface area contributed by atoms with Crippen molar-refractivity contribution in [1.29, 1.82) is 0 Å². The van der Waals surface area contributed by atoms with Gasteiger partial charge in [-0.1, -0.05) is 30.0 Å². The van der Waals surface area contributed by atoms with Crippen LogP contribution in [0.15, 0.2) is 60.9 Å². The zero-order valence-corrected chi connectivity index (χ0v) is 22.6. The van der Waals surface area contributed by atoms with Crippen molar-refractivity contribution in [2.75, 3.05) is 81.2 Å². The fourth-order valence-corrected chi connectivity index (χ4v) is 4.50. The topological polar surface area (TPSA) is 104 Å². The van der Waals surface area contributed by atoms with Crippen molar-refractivity contribution in [3.8, 4) is 11.8 Å². The lowest BCUT2D eigenvalue weighted by Crippen LogP contribution is -2.39. The van der Waals surface area contributed by atoms with E-state index >= 15 is 0 Å². The fraction of sp³-hybridized carbons (Fsp3) is 0.367. The smallest absolute Gasteiger partial charge is 0.319 e. The first-order valence-corrected chi connectivity index (χ1v) is 13.7. The Morgan fingerprint density at radius 3 is 2.40 bits per heavy atom. The molecule has 3 aromatic rings. The van der Waals surface area contributed by atoms with Gasteiger partial charge in [-0.25, -0.2) is 14.8 Å². The van der Waals surface area contributed by atoms with Crippen molar-refractivity contribution in [3.05, 3.63) is 77.6 Å². The van der Waals surface area contributed by atoms with Gasteiger partial charge in [-0.15, -0.1) is 0 Å². The number of carbonyl (C=O) groups is 1. The van der Waals surface area contributed by atoms with Crippen LogP contribution in [-0.4, -0.2) is 86.6 Å². The number of benzene rings is 2. The van der Waals surface area contributed by atoms with Crippen LogP contribution in [-0.2, 0) is 16.0 Å². The van der Waals surface area contributed by atoms with E-state index in [9.17, 15) is 4.79 Å². The van der Waals surface area contributed by atoms with Gasteiger partial charge in [-0.2, -0.15) is 0 Å². The SMILES string of the molecule is O=C(NCc1cccc(N2CCOCC2)c1)Nc1cccc(C#Cc2cnc(NCCN3CCOCC3)nc2)c1. The second kappa shape index (κ2) is 14.3. The van der Waals surface area contributed by atoms with E-state index in [1.54, 1.807) is 12.4 Å². The van der Waals surface area contributed by atoms with Gasteiger partial charge in [0.1, 0.15) is 0 Å². The molecule has 40 heavy (non-hydrogen) atoms. The highest BCUT2D eigenvalue weighted by Crippen LogP contribution is 2.17. The highest BCUT2D eigenvalue weighted by molar-refractivity contribution is 5.89. The van der Waals surface area contributed by atoms with Gasteiger partial charge in [0.05, 0.1) is 32.0 Å². The molecule has 0 saturated carbocycles. The van der Waals surface area contributed by atoms with E-state index in [2.05, 4.69) is 59.7 Å². The normalized spacial score (nSPS) is 15.6. The number of rotatable bonds is 8. The number of hydrogen-bond acceptors (Lipinski definition) is 8. The van der Waals surface area contributed by atoms with Gasteiger partial charge in [0, 0.05) is 75.1 Å². The number of nitrogens with zero attached hydrogens (tertiary/aromatic N) is 4.